The number of thiocarbonyl (C=S) groups is 1. The van der Waals surface area contributed by atoms with Crippen LogP contribution >= 0.6 is 12.2 Å². The molecular weight excluding hydrogens is 258 g/mol. The van der Waals surface area contributed by atoms with Gasteiger partial charge in [0.1, 0.15) is 10.7 Å². The van der Waals surface area contributed by atoms with Crippen LogP contribution in [0.4, 0.5) is 5.82 Å². The normalized spacial score (nSPS) is 12.7. The number of anilines is 1. The Labute approximate surface area is 120 Å². The first-order valence-corrected chi connectivity index (χ1v) is 6.83. The fourth-order valence-electron chi connectivity index (χ4n) is 2.01. The number of nitrogens with zero attached hydrogens (tertiary/aromatic N) is 3. The third kappa shape index (κ3) is 5.48. The van der Waals surface area contributed by atoms with Crippen LogP contribution < -0.4 is 11.1 Å². The van der Waals surface area contributed by atoms with Crippen LogP contribution in [-0.2, 0) is 0 Å². The second-order valence-corrected chi connectivity index (χ2v) is 5.79. The average Bonchev–Trinajstić information content (AvgIpc) is 2.27. The summed E-state index contributed by atoms with van der Waals surface area (Å²) in [4.78, 5) is 10.9. The zero-order valence-corrected chi connectivity index (χ0v) is 12.9. The Morgan fingerprint density at radius 3 is 2.53 bits per heavy atom. The van der Waals surface area contributed by atoms with E-state index in [-0.39, 0.29) is 4.99 Å². The molecule has 3 N–H and O–H groups in total. The summed E-state index contributed by atoms with van der Waals surface area (Å²) >= 11 is 5.00. The van der Waals surface area contributed by atoms with Gasteiger partial charge in [-0.05, 0) is 26.4 Å². The van der Waals surface area contributed by atoms with Crippen molar-refractivity contribution in [2.24, 2.45) is 11.7 Å². The molecule has 1 aromatic heterocycles. The monoisotopic (exact) mass is 281 g/mol. The summed E-state index contributed by atoms with van der Waals surface area (Å²) < 4.78 is 0. The smallest absolute Gasteiger partial charge is 0.155 e. The van der Waals surface area contributed by atoms with Crippen molar-refractivity contribution in [2.45, 2.75) is 26.3 Å². The van der Waals surface area contributed by atoms with Crippen molar-refractivity contribution in [1.29, 1.82) is 0 Å². The lowest BCUT2D eigenvalue weighted by Gasteiger charge is -2.25. The van der Waals surface area contributed by atoms with Crippen LogP contribution in [0.5, 0.6) is 0 Å². The van der Waals surface area contributed by atoms with E-state index in [2.05, 4.69) is 48.1 Å². The predicted octanol–water partition coefficient (Wildman–Crippen LogP) is 1.50. The fraction of sp³-hybridized carbons (Fsp3) is 0.615. The molecule has 0 aliphatic rings. The van der Waals surface area contributed by atoms with Gasteiger partial charge < -0.3 is 16.0 Å². The van der Waals surface area contributed by atoms with E-state index < -0.39 is 0 Å². The van der Waals surface area contributed by atoms with Gasteiger partial charge in [0.15, 0.2) is 5.82 Å². The number of aromatic nitrogens is 2. The third-order valence-corrected chi connectivity index (χ3v) is 2.81. The van der Waals surface area contributed by atoms with Gasteiger partial charge in [-0.15, -0.1) is 0 Å². The van der Waals surface area contributed by atoms with Crippen LogP contribution in [0, 0.1) is 5.92 Å². The molecule has 5 nitrogen and oxygen atoms in total. The van der Waals surface area contributed by atoms with Gasteiger partial charge in [-0.1, -0.05) is 26.1 Å². The van der Waals surface area contributed by atoms with Crippen molar-refractivity contribution in [3.8, 4) is 0 Å². The summed E-state index contributed by atoms with van der Waals surface area (Å²) in [5.74, 6) is 1.27. The molecular formula is C13H23N5S. The van der Waals surface area contributed by atoms with E-state index >= 15 is 0 Å². The first-order chi connectivity index (χ1) is 8.90. The molecule has 0 saturated heterocycles. The summed E-state index contributed by atoms with van der Waals surface area (Å²) in [6.07, 6.45) is 4.29. The highest BCUT2D eigenvalue weighted by atomic mass is 32.1. The molecule has 19 heavy (non-hydrogen) atoms. The zero-order chi connectivity index (χ0) is 14.4. The Kier molecular flexibility index (Phi) is 6.11. The molecule has 6 heteroatoms. The Hall–Kier alpha value is -1.27. The van der Waals surface area contributed by atoms with Crippen LogP contribution in [0.1, 0.15) is 26.0 Å². The zero-order valence-electron chi connectivity index (χ0n) is 12.1. The van der Waals surface area contributed by atoms with Gasteiger partial charge >= 0.3 is 0 Å². The van der Waals surface area contributed by atoms with Crippen molar-refractivity contribution < 1.29 is 0 Å². The van der Waals surface area contributed by atoms with Crippen molar-refractivity contribution >= 4 is 23.0 Å². The molecule has 0 radical (unpaired) electrons. The van der Waals surface area contributed by atoms with E-state index in [1.807, 2.05) is 0 Å². The minimum Gasteiger partial charge on any atom is -0.388 e. The number of rotatable bonds is 7. The van der Waals surface area contributed by atoms with E-state index in [9.17, 15) is 0 Å². The Bertz CT molecular complexity index is 409. The topological polar surface area (TPSA) is 67.1 Å². The van der Waals surface area contributed by atoms with Gasteiger partial charge in [-0.2, -0.15) is 0 Å². The van der Waals surface area contributed by atoms with Crippen molar-refractivity contribution in [3.63, 3.8) is 0 Å². The maximum absolute atomic E-state index is 5.67. The molecule has 0 amide bonds. The van der Waals surface area contributed by atoms with Gasteiger partial charge in [-0.3, -0.25) is 0 Å². The van der Waals surface area contributed by atoms with E-state index in [1.165, 1.54) is 0 Å². The molecule has 0 bridgehead atoms. The molecule has 1 heterocycles. The van der Waals surface area contributed by atoms with Crippen molar-refractivity contribution in [2.75, 3.05) is 26.0 Å². The fourth-order valence-corrected chi connectivity index (χ4v) is 2.16. The summed E-state index contributed by atoms with van der Waals surface area (Å²) in [6, 6.07) is 0.291. The molecule has 1 atom stereocenters. The molecule has 0 spiro atoms. The molecule has 1 rings (SSSR count). The quantitative estimate of drug-likeness (QED) is 0.738. The summed E-state index contributed by atoms with van der Waals surface area (Å²) in [7, 11) is 4.11. The molecule has 0 aliphatic carbocycles. The first-order valence-electron chi connectivity index (χ1n) is 6.42. The molecule has 0 aliphatic heterocycles. The van der Waals surface area contributed by atoms with Gasteiger partial charge in [0.05, 0.1) is 0 Å². The summed E-state index contributed by atoms with van der Waals surface area (Å²) in [5.41, 5.74) is 6.23. The second-order valence-electron chi connectivity index (χ2n) is 5.35. The van der Waals surface area contributed by atoms with Crippen molar-refractivity contribution in [3.05, 3.63) is 18.1 Å². The Balaban J connectivity index is 2.86. The summed E-state index contributed by atoms with van der Waals surface area (Å²) in [5, 5.41) is 3.41. The largest absolute Gasteiger partial charge is 0.388 e. The lowest BCUT2D eigenvalue weighted by Crippen LogP contribution is -2.34. The standard InChI is InChI=1S/C13H23N5S/c1-9(2)7-10(8-18(3)4)17-13-11(12(14)19)15-5-6-16-13/h5-6,9-10H,7-8H2,1-4H3,(H2,14,19)(H,16,17). The Morgan fingerprint density at radius 1 is 1.37 bits per heavy atom. The Morgan fingerprint density at radius 2 is 2.00 bits per heavy atom. The maximum atomic E-state index is 5.67. The minimum atomic E-state index is 0.267. The highest BCUT2D eigenvalue weighted by Gasteiger charge is 2.16. The van der Waals surface area contributed by atoms with Gasteiger partial charge in [-0.25, -0.2) is 9.97 Å². The SMILES string of the molecule is CC(C)CC(CN(C)C)Nc1nccnc1C(N)=S. The highest BCUT2D eigenvalue weighted by Crippen LogP contribution is 2.14. The van der Waals surface area contributed by atoms with E-state index in [4.69, 9.17) is 18.0 Å². The van der Waals surface area contributed by atoms with Crippen LogP contribution in [0.15, 0.2) is 12.4 Å². The highest BCUT2D eigenvalue weighted by molar-refractivity contribution is 7.80. The molecule has 0 saturated carbocycles. The lowest BCUT2D eigenvalue weighted by atomic mass is 10.0. The molecule has 0 aromatic carbocycles. The van der Waals surface area contributed by atoms with Crippen LogP contribution in [0.3, 0.4) is 0 Å². The number of hydrogen-bond donors (Lipinski definition) is 2. The lowest BCUT2D eigenvalue weighted by molar-refractivity contribution is 0.356. The van der Waals surface area contributed by atoms with Gasteiger partial charge in [0, 0.05) is 25.0 Å². The third-order valence-electron chi connectivity index (χ3n) is 2.61. The number of nitrogens with one attached hydrogen (secondary N) is 1. The van der Waals surface area contributed by atoms with Crippen molar-refractivity contribution in [1.82, 2.24) is 14.9 Å². The first kappa shape index (κ1) is 15.8. The second kappa shape index (κ2) is 7.35. The minimum absolute atomic E-state index is 0.267. The predicted molar refractivity (Wildman–Crippen MR) is 83.3 cm³/mol. The van der Waals surface area contributed by atoms with E-state index in [1.54, 1.807) is 12.4 Å². The van der Waals surface area contributed by atoms with Crippen LogP contribution in [0.25, 0.3) is 0 Å². The molecule has 0 fully saturated rings. The average molecular weight is 281 g/mol. The van der Waals surface area contributed by atoms with Crippen LogP contribution in [0.2, 0.25) is 0 Å². The van der Waals surface area contributed by atoms with Gasteiger partial charge in [0.25, 0.3) is 0 Å². The van der Waals surface area contributed by atoms with Gasteiger partial charge in [0.2, 0.25) is 0 Å². The van der Waals surface area contributed by atoms with Crippen LogP contribution in [-0.4, -0.2) is 46.5 Å². The number of likely N-dealkylation sites (N-methyl/N-ethyl adjacent to an activating group) is 1. The molecule has 106 valence electrons. The summed E-state index contributed by atoms with van der Waals surface area (Å²) in [6.45, 7) is 5.33. The number of hydrogen-bond acceptors (Lipinski definition) is 5. The van der Waals surface area contributed by atoms with E-state index in [0.717, 1.165) is 13.0 Å². The molecule has 1 unspecified atom stereocenters. The van der Waals surface area contributed by atoms with E-state index in [0.29, 0.717) is 23.5 Å². The molecule has 1 aromatic rings. The maximum Gasteiger partial charge on any atom is 0.155 e. The number of nitrogens with two attached hydrogens (primary N) is 1.